The molecule has 0 aromatic heterocycles. The van der Waals surface area contributed by atoms with E-state index in [1.54, 1.807) is 14.2 Å². The minimum Gasteiger partial charge on any atom is -0.493 e. The topological polar surface area (TPSA) is 73.6 Å². The first kappa shape index (κ1) is 15.8. The van der Waals surface area contributed by atoms with E-state index in [2.05, 4.69) is 21.2 Å². The first-order valence-electron chi connectivity index (χ1n) is 5.99. The molecule has 0 aliphatic rings. The minimum absolute atomic E-state index is 0.00337. The van der Waals surface area contributed by atoms with E-state index >= 15 is 0 Å². The lowest BCUT2D eigenvalue weighted by atomic mass is 10.2. The van der Waals surface area contributed by atoms with Crippen molar-refractivity contribution in [2.75, 3.05) is 20.8 Å². The Balaban J connectivity index is 2.69. The normalized spacial score (nSPS) is 10.1. The highest BCUT2D eigenvalue weighted by molar-refractivity contribution is 9.10. The Morgan fingerprint density at radius 3 is 2.68 bits per heavy atom. The highest BCUT2D eigenvalue weighted by Crippen LogP contribution is 2.36. The summed E-state index contributed by atoms with van der Waals surface area (Å²) in [6.07, 6.45) is 1.15. The summed E-state index contributed by atoms with van der Waals surface area (Å²) in [5, 5.41) is 2.84. The van der Waals surface area contributed by atoms with Crippen molar-refractivity contribution in [3.05, 3.63) is 22.2 Å². The molecule has 0 saturated heterocycles. The molecule has 1 aromatic rings. The van der Waals surface area contributed by atoms with E-state index in [9.17, 15) is 4.79 Å². The molecule has 6 heteroatoms. The Labute approximate surface area is 121 Å². The second-order valence-corrected chi connectivity index (χ2v) is 4.84. The summed E-state index contributed by atoms with van der Waals surface area (Å²) in [5.74, 6) is 1.26. The lowest BCUT2D eigenvalue weighted by molar-refractivity contribution is -0.121. The lowest BCUT2D eigenvalue weighted by Gasteiger charge is -2.12. The van der Waals surface area contributed by atoms with Crippen LogP contribution in [0, 0.1) is 0 Å². The predicted molar refractivity (Wildman–Crippen MR) is 77.4 cm³/mol. The van der Waals surface area contributed by atoms with Crippen LogP contribution in [-0.2, 0) is 11.3 Å². The summed E-state index contributed by atoms with van der Waals surface area (Å²) in [6.45, 7) is 0.970. The van der Waals surface area contributed by atoms with Crippen LogP contribution in [0.1, 0.15) is 18.4 Å². The molecule has 0 fully saturated rings. The molecule has 0 spiro atoms. The average Bonchev–Trinajstić information content (AvgIpc) is 2.42. The van der Waals surface area contributed by atoms with Crippen LogP contribution in [0.5, 0.6) is 11.5 Å². The molecular formula is C13H19BrN2O3. The van der Waals surface area contributed by atoms with Gasteiger partial charge in [0.2, 0.25) is 5.91 Å². The van der Waals surface area contributed by atoms with Crippen LogP contribution in [0.4, 0.5) is 0 Å². The van der Waals surface area contributed by atoms with Gasteiger partial charge < -0.3 is 20.5 Å². The van der Waals surface area contributed by atoms with Gasteiger partial charge in [-0.25, -0.2) is 0 Å². The molecule has 3 N–H and O–H groups in total. The molecular weight excluding hydrogens is 312 g/mol. The summed E-state index contributed by atoms with van der Waals surface area (Å²) in [7, 11) is 3.16. The second kappa shape index (κ2) is 8.01. The van der Waals surface area contributed by atoms with Gasteiger partial charge >= 0.3 is 0 Å². The number of halogens is 1. The lowest BCUT2D eigenvalue weighted by Crippen LogP contribution is -2.23. The third-order valence-corrected chi connectivity index (χ3v) is 3.18. The van der Waals surface area contributed by atoms with Crippen LogP contribution >= 0.6 is 15.9 Å². The van der Waals surface area contributed by atoms with Gasteiger partial charge in [-0.1, -0.05) is 0 Å². The van der Waals surface area contributed by atoms with E-state index in [4.69, 9.17) is 15.2 Å². The van der Waals surface area contributed by atoms with Gasteiger partial charge in [0.25, 0.3) is 0 Å². The Bertz CT molecular complexity index is 438. The zero-order valence-corrected chi connectivity index (χ0v) is 12.7. The van der Waals surface area contributed by atoms with Crippen LogP contribution in [-0.4, -0.2) is 26.7 Å². The van der Waals surface area contributed by atoms with Crippen molar-refractivity contribution in [1.29, 1.82) is 0 Å². The molecule has 0 bridgehead atoms. The average molecular weight is 331 g/mol. The first-order valence-corrected chi connectivity index (χ1v) is 6.78. The fourth-order valence-corrected chi connectivity index (χ4v) is 2.28. The van der Waals surface area contributed by atoms with Gasteiger partial charge in [-0.15, -0.1) is 0 Å². The molecule has 1 rings (SSSR count). The zero-order chi connectivity index (χ0) is 14.3. The highest BCUT2D eigenvalue weighted by atomic mass is 79.9. The van der Waals surface area contributed by atoms with Crippen molar-refractivity contribution in [3.8, 4) is 11.5 Å². The molecule has 1 aromatic carbocycles. The number of hydrogen-bond acceptors (Lipinski definition) is 4. The van der Waals surface area contributed by atoms with Crippen molar-refractivity contribution >= 4 is 21.8 Å². The monoisotopic (exact) mass is 330 g/mol. The Kier molecular flexibility index (Phi) is 6.66. The van der Waals surface area contributed by atoms with Crippen molar-refractivity contribution in [2.24, 2.45) is 5.73 Å². The third kappa shape index (κ3) is 4.72. The van der Waals surface area contributed by atoms with E-state index < -0.39 is 0 Å². The minimum atomic E-state index is -0.00337. The molecule has 0 aliphatic heterocycles. The third-order valence-electron chi connectivity index (χ3n) is 2.59. The Morgan fingerprint density at radius 2 is 2.11 bits per heavy atom. The largest absolute Gasteiger partial charge is 0.493 e. The van der Waals surface area contributed by atoms with Gasteiger partial charge in [-0.05, 0) is 46.6 Å². The molecule has 0 atom stereocenters. The smallest absolute Gasteiger partial charge is 0.220 e. The maximum Gasteiger partial charge on any atom is 0.220 e. The predicted octanol–water partition coefficient (Wildman–Crippen LogP) is 1.82. The number of nitrogens with two attached hydrogens (primary N) is 1. The number of ether oxygens (including phenoxy) is 2. The van der Waals surface area contributed by atoms with E-state index in [0.717, 1.165) is 10.0 Å². The number of nitrogens with one attached hydrogen (secondary N) is 1. The number of amides is 1. The molecule has 1 amide bonds. The van der Waals surface area contributed by atoms with Gasteiger partial charge in [0, 0.05) is 13.0 Å². The highest BCUT2D eigenvalue weighted by Gasteiger charge is 2.11. The molecule has 0 unspecified atom stereocenters. The summed E-state index contributed by atoms with van der Waals surface area (Å²) in [4.78, 5) is 11.5. The quantitative estimate of drug-likeness (QED) is 0.799. The van der Waals surface area contributed by atoms with E-state index in [1.165, 1.54) is 0 Å². The van der Waals surface area contributed by atoms with Crippen LogP contribution in [0.3, 0.4) is 0 Å². The van der Waals surface area contributed by atoms with Crippen LogP contribution in [0.25, 0.3) is 0 Å². The molecule has 0 saturated carbocycles. The van der Waals surface area contributed by atoms with Gasteiger partial charge in [0.05, 0.1) is 18.7 Å². The molecule has 0 heterocycles. The van der Waals surface area contributed by atoms with Crippen molar-refractivity contribution < 1.29 is 14.3 Å². The first-order chi connectivity index (χ1) is 9.12. The maximum absolute atomic E-state index is 11.5. The summed E-state index contributed by atoms with van der Waals surface area (Å²) in [6, 6.07) is 3.73. The molecule has 0 radical (unpaired) electrons. The maximum atomic E-state index is 11.5. The molecule has 5 nitrogen and oxygen atoms in total. The van der Waals surface area contributed by atoms with E-state index in [1.807, 2.05) is 12.1 Å². The second-order valence-electron chi connectivity index (χ2n) is 3.98. The van der Waals surface area contributed by atoms with Gasteiger partial charge in [-0.2, -0.15) is 0 Å². The summed E-state index contributed by atoms with van der Waals surface area (Å²) in [5.41, 5.74) is 6.29. The number of carbonyl (C=O) groups is 1. The summed E-state index contributed by atoms with van der Waals surface area (Å²) >= 11 is 3.41. The fraction of sp³-hybridized carbons (Fsp3) is 0.462. The van der Waals surface area contributed by atoms with Crippen molar-refractivity contribution in [2.45, 2.75) is 19.4 Å². The van der Waals surface area contributed by atoms with Crippen LogP contribution < -0.4 is 20.5 Å². The number of methoxy groups -OCH3 is 2. The SMILES string of the molecule is COc1cc(CNC(=O)CCCN)cc(Br)c1OC. The Hall–Kier alpha value is -1.27. The zero-order valence-electron chi connectivity index (χ0n) is 11.2. The van der Waals surface area contributed by atoms with Crippen LogP contribution in [0.2, 0.25) is 0 Å². The number of hydrogen-bond donors (Lipinski definition) is 2. The molecule has 19 heavy (non-hydrogen) atoms. The van der Waals surface area contributed by atoms with Crippen molar-refractivity contribution in [1.82, 2.24) is 5.32 Å². The van der Waals surface area contributed by atoms with Gasteiger partial charge in [0.15, 0.2) is 11.5 Å². The van der Waals surface area contributed by atoms with Gasteiger partial charge in [0.1, 0.15) is 0 Å². The van der Waals surface area contributed by atoms with E-state index in [0.29, 0.717) is 37.4 Å². The molecule has 106 valence electrons. The number of rotatable bonds is 7. The summed E-state index contributed by atoms with van der Waals surface area (Å²) < 4.78 is 11.3. The Morgan fingerprint density at radius 1 is 1.37 bits per heavy atom. The van der Waals surface area contributed by atoms with Gasteiger partial charge in [-0.3, -0.25) is 4.79 Å². The molecule has 0 aliphatic carbocycles. The van der Waals surface area contributed by atoms with Crippen LogP contribution in [0.15, 0.2) is 16.6 Å². The standard InChI is InChI=1S/C13H19BrN2O3/c1-18-11-7-9(6-10(14)13(11)19-2)8-16-12(17)4-3-5-15/h6-7H,3-5,8,15H2,1-2H3,(H,16,17). The van der Waals surface area contributed by atoms with Crippen molar-refractivity contribution in [3.63, 3.8) is 0 Å². The fourth-order valence-electron chi connectivity index (χ4n) is 1.63. The number of benzene rings is 1. The van der Waals surface area contributed by atoms with E-state index in [-0.39, 0.29) is 5.91 Å². The number of carbonyl (C=O) groups excluding carboxylic acids is 1.